The minimum Gasteiger partial charge on any atom is -0.497 e. The molecule has 112 valence electrons. The lowest BCUT2D eigenvalue weighted by atomic mass is 10.2. The van der Waals surface area contributed by atoms with Crippen molar-refractivity contribution in [3.63, 3.8) is 0 Å². The monoisotopic (exact) mass is 300 g/mol. The second-order valence-electron chi connectivity index (χ2n) is 4.70. The number of methoxy groups -OCH3 is 2. The van der Waals surface area contributed by atoms with E-state index in [1.165, 1.54) is 30.7 Å². The maximum Gasteiger partial charge on any atom is 0.243 e. The van der Waals surface area contributed by atoms with Gasteiger partial charge >= 0.3 is 0 Å². The number of nitrogens with two attached hydrogens (primary N) is 1. The van der Waals surface area contributed by atoms with E-state index >= 15 is 0 Å². The van der Waals surface area contributed by atoms with Gasteiger partial charge in [-0.05, 0) is 12.8 Å². The topological polar surface area (TPSA) is 81.9 Å². The second kappa shape index (κ2) is 5.99. The molecule has 1 unspecified atom stereocenters. The Balaban J connectivity index is 2.43. The van der Waals surface area contributed by atoms with Gasteiger partial charge < -0.3 is 15.2 Å². The number of benzene rings is 1. The molecule has 7 heteroatoms. The minimum atomic E-state index is -3.57. The summed E-state index contributed by atoms with van der Waals surface area (Å²) >= 11 is 0. The van der Waals surface area contributed by atoms with Crippen molar-refractivity contribution in [3.8, 4) is 11.5 Å². The van der Waals surface area contributed by atoms with Gasteiger partial charge in [-0.25, -0.2) is 8.42 Å². The molecule has 2 rings (SSSR count). The van der Waals surface area contributed by atoms with Crippen LogP contribution >= 0.6 is 0 Å². The van der Waals surface area contributed by atoms with E-state index in [2.05, 4.69) is 0 Å². The summed E-state index contributed by atoms with van der Waals surface area (Å²) in [6.45, 7) is 0.837. The first-order valence-corrected chi connectivity index (χ1v) is 7.92. The third-order valence-electron chi connectivity index (χ3n) is 3.53. The average molecular weight is 300 g/mol. The van der Waals surface area contributed by atoms with Crippen LogP contribution in [0.4, 0.5) is 0 Å². The van der Waals surface area contributed by atoms with Crippen LogP contribution in [0.1, 0.15) is 12.8 Å². The first kappa shape index (κ1) is 15.1. The van der Waals surface area contributed by atoms with Crippen molar-refractivity contribution >= 4 is 10.0 Å². The SMILES string of the molecule is COc1cc(OC)cc(S(=O)(=O)N2CCCC2CN)c1. The molecule has 0 saturated carbocycles. The maximum absolute atomic E-state index is 12.7. The van der Waals surface area contributed by atoms with Crippen molar-refractivity contribution in [2.45, 2.75) is 23.8 Å². The Kier molecular flexibility index (Phi) is 4.52. The molecule has 0 bridgehead atoms. The van der Waals surface area contributed by atoms with E-state index in [9.17, 15) is 8.42 Å². The summed E-state index contributed by atoms with van der Waals surface area (Å²) in [5, 5.41) is 0. The molecular formula is C13H20N2O4S. The third kappa shape index (κ3) is 2.74. The fraction of sp³-hybridized carbons (Fsp3) is 0.538. The molecule has 1 atom stereocenters. The number of hydrogen-bond donors (Lipinski definition) is 1. The van der Waals surface area contributed by atoms with Crippen LogP contribution in [0.25, 0.3) is 0 Å². The molecule has 0 aliphatic carbocycles. The van der Waals surface area contributed by atoms with E-state index in [1.54, 1.807) is 6.07 Å². The van der Waals surface area contributed by atoms with Crippen molar-refractivity contribution in [2.24, 2.45) is 5.73 Å². The van der Waals surface area contributed by atoms with Gasteiger partial charge in [-0.2, -0.15) is 4.31 Å². The summed E-state index contributed by atoms with van der Waals surface area (Å²) in [6, 6.07) is 4.52. The van der Waals surface area contributed by atoms with Crippen LogP contribution in [0.5, 0.6) is 11.5 Å². The predicted molar refractivity (Wildman–Crippen MR) is 75.5 cm³/mol. The lowest BCUT2D eigenvalue weighted by molar-refractivity contribution is 0.383. The maximum atomic E-state index is 12.7. The Morgan fingerprint density at radius 3 is 2.35 bits per heavy atom. The van der Waals surface area contributed by atoms with Gasteiger partial charge in [0.2, 0.25) is 10.0 Å². The van der Waals surface area contributed by atoms with E-state index in [0.717, 1.165) is 12.8 Å². The number of sulfonamides is 1. The van der Waals surface area contributed by atoms with E-state index in [4.69, 9.17) is 15.2 Å². The zero-order valence-corrected chi connectivity index (χ0v) is 12.5. The largest absolute Gasteiger partial charge is 0.497 e. The van der Waals surface area contributed by atoms with Crippen molar-refractivity contribution in [3.05, 3.63) is 18.2 Å². The van der Waals surface area contributed by atoms with Crippen molar-refractivity contribution in [1.29, 1.82) is 0 Å². The van der Waals surface area contributed by atoms with Crippen molar-refractivity contribution in [2.75, 3.05) is 27.3 Å². The summed E-state index contributed by atoms with van der Waals surface area (Å²) < 4.78 is 37.1. The number of ether oxygens (including phenoxy) is 2. The van der Waals surface area contributed by atoms with Gasteiger partial charge in [0.25, 0.3) is 0 Å². The van der Waals surface area contributed by atoms with E-state index in [-0.39, 0.29) is 10.9 Å². The van der Waals surface area contributed by atoms with Crippen molar-refractivity contribution in [1.82, 2.24) is 4.31 Å². The molecule has 1 aromatic rings. The summed E-state index contributed by atoms with van der Waals surface area (Å²) in [5.41, 5.74) is 5.66. The van der Waals surface area contributed by atoms with Crippen LogP contribution in [0, 0.1) is 0 Å². The van der Waals surface area contributed by atoms with Gasteiger partial charge in [-0.1, -0.05) is 0 Å². The van der Waals surface area contributed by atoms with Gasteiger partial charge in [0.1, 0.15) is 11.5 Å². The number of rotatable bonds is 5. The van der Waals surface area contributed by atoms with Crippen LogP contribution < -0.4 is 15.2 Å². The van der Waals surface area contributed by atoms with E-state index in [1.807, 2.05) is 0 Å². The Hall–Kier alpha value is -1.31. The Labute approximate surface area is 119 Å². The Morgan fingerprint density at radius 2 is 1.85 bits per heavy atom. The van der Waals surface area contributed by atoms with E-state index < -0.39 is 10.0 Å². The van der Waals surface area contributed by atoms with Crippen LogP contribution in [0.15, 0.2) is 23.1 Å². The first-order valence-electron chi connectivity index (χ1n) is 6.48. The summed E-state index contributed by atoms with van der Waals surface area (Å²) in [6.07, 6.45) is 1.64. The molecule has 1 saturated heterocycles. The van der Waals surface area contributed by atoms with Gasteiger partial charge in [-0.3, -0.25) is 0 Å². The minimum absolute atomic E-state index is 0.128. The molecule has 1 aromatic carbocycles. The highest BCUT2D eigenvalue weighted by molar-refractivity contribution is 7.89. The molecule has 0 aromatic heterocycles. The van der Waals surface area contributed by atoms with Crippen molar-refractivity contribution < 1.29 is 17.9 Å². The Bertz CT molecular complexity index is 551. The normalized spacial score (nSPS) is 20.1. The summed E-state index contributed by atoms with van der Waals surface area (Å²) in [7, 11) is -0.592. The molecule has 0 spiro atoms. The fourth-order valence-corrected chi connectivity index (χ4v) is 4.18. The first-order chi connectivity index (χ1) is 9.52. The molecule has 1 aliphatic heterocycles. The third-order valence-corrected chi connectivity index (χ3v) is 5.46. The Morgan fingerprint density at radius 1 is 1.25 bits per heavy atom. The van der Waals surface area contributed by atoms with Crippen LogP contribution in [-0.4, -0.2) is 46.1 Å². The zero-order valence-electron chi connectivity index (χ0n) is 11.7. The highest BCUT2D eigenvalue weighted by Gasteiger charge is 2.34. The fourth-order valence-electron chi connectivity index (χ4n) is 2.43. The molecule has 1 aliphatic rings. The highest BCUT2D eigenvalue weighted by atomic mass is 32.2. The molecule has 0 radical (unpaired) electrons. The molecule has 2 N–H and O–H groups in total. The number of hydrogen-bond acceptors (Lipinski definition) is 5. The highest BCUT2D eigenvalue weighted by Crippen LogP contribution is 2.30. The number of nitrogens with zero attached hydrogens (tertiary/aromatic N) is 1. The average Bonchev–Trinajstić information content (AvgIpc) is 2.95. The summed E-state index contributed by atoms with van der Waals surface area (Å²) in [4.78, 5) is 0.175. The second-order valence-corrected chi connectivity index (χ2v) is 6.59. The molecule has 1 heterocycles. The van der Waals surface area contributed by atoms with Crippen LogP contribution in [0.2, 0.25) is 0 Å². The molecule has 20 heavy (non-hydrogen) atoms. The quantitative estimate of drug-likeness (QED) is 0.870. The van der Waals surface area contributed by atoms with Crippen LogP contribution in [0.3, 0.4) is 0 Å². The van der Waals surface area contributed by atoms with Gasteiger partial charge in [0.05, 0.1) is 19.1 Å². The lowest BCUT2D eigenvalue weighted by Gasteiger charge is -2.23. The van der Waals surface area contributed by atoms with Gasteiger partial charge in [0, 0.05) is 37.3 Å². The van der Waals surface area contributed by atoms with Crippen LogP contribution in [-0.2, 0) is 10.0 Å². The van der Waals surface area contributed by atoms with E-state index in [0.29, 0.717) is 24.6 Å². The zero-order chi connectivity index (χ0) is 14.8. The smallest absolute Gasteiger partial charge is 0.243 e. The predicted octanol–water partition coefficient (Wildman–Crippen LogP) is 0.816. The standard InChI is InChI=1S/C13H20N2O4S/c1-18-11-6-12(19-2)8-13(7-11)20(16,17)15-5-3-4-10(15)9-14/h6-8,10H,3-5,9,14H2,1-2H3. The molecular weight excluding hydrogens is 280 g/mol. The molecule has 0 amide bonds. The van der Waals surface area contributed by atoms with Gasteiger partial charge in [-0.15, -0.1) is 0 Å². The van der Waals surface area contributed by atoms with Gasteiger partial charge in [0.15, 0.2) is 0 Å². The lowest BCUT2D eigenvalue weighted by Crippen LogP contribution is -2.39. The summed E-state index contributed by atoms with van der Waals surface area (Å²) in [5.74, 6) is 0.901. The molecule has 1 fully saturated rings. The molecule has 6 nitrogen and oxygen atoms in total.